The van der Waals surface area contributed by atoms with E-state index in [9.17, 15) is 13.2 Å². The Morgan fingerprint density at radius 1 is 1.07 bits per heavy atom. The third-order valence-corrected chi connectivity index (χ3v) is 5.86. The molecule has 1 heterocycles. The third-order valence-electron chi connectivity index (χ3n) is 3.59. The number of halogens is 3. The van der Waals surface area contributed by atoms with E-state index in [-0.39, 0.29) is 15.6 Å². The molecule has 27 heavy (non-hydrogen) atoms. The van der Waals surface area contributed by atoms with Gasteiger partial charge in [0, 0.05) is 21.9 Å². The van der Waals surface area contributed by atoms with Gasteiger partial charge >= 0.3 is 0 Å². The van der Waals surface area contributed by atoms with Crippen molar-refractivity contribution in [1.82, 2.24) is 14.3 Å². The molecule has 2 aromatic carbocycles. The summed E-state index contributed by atoms with van der Waals surface area (Å²) < 4.78 is 28.3. The molecule has 0 saturated carbocycles. The molecule has 3 aromatic rings. The fourth-order valence-corrected chi connectivity index (χ4v) is 4.41. The number of aryl methyl sites for hydroxylation is 1. The molecule has 1 amide bonds. The lowest BCUT2D eigenvalue weighted by atomic mass is 10.3. The standard InChI is InChI=1S/C17H12Cl3N3O3S/c1-10-21-15(9-23(10)13-7-11(18)6-12(19)8-13)17(24)22-27(25,26)16-5-3-2-4-14(16)20/h2-9H,1H3,(H,22,24). The van der Waals surface area contributed by atoms with Crippen molar-refractivity contribution < 1.29 is 13.2 Å². The molecule has 0 unspecified atom stereocenters. The molecule has 1 aromatic heterocycles. The van der Waals surface area contributed by atoms with E-state index in [1.54, 1.807) is 35.8 Å². The first kappa shape index (κ1) is 19.7. The number of nitrogens with zero attached hydrogens (tertiary/aromatic N) is 2. The van der Waals surface area contributed by atoms with Gasteiger partial charge in [0.2, 0.25) is 0 Å². The summed E-state index contributed by atoms with van der Waals surface area (Å²) in [5.41, 5.74) is 0.504. The van der Waals surface area contributed by atoms with Crippen molar-refractivity contribution in [2.45, 2.75) is 11.8 Å². The van der Waals surface area contributed by atoms with Gasteiger partial charge in [0.15, 0.2) is 0 Å². The van der Waals surface area contributed by atoms with Crippen LogP contribution in [0.5, 0.6) is 0 Å². The molecule has 0 bridgehead atoms. The molecule has 0 aliphatic heterocycles. The topological polar surface area (TPSA) is 81.1 Å². The summed E-state index contributed by atoms with van der Waals surface area (Å²) in [5.74, 6) is -0.432. The van der Waals surface area contributed by atoms with Crippen LogP contribution >= 0.6 is 34.8 Å². The molecule has 3 rings (SSSR count). The normalized spacial score (nSPS) is 11.4. The monoisotopic (exact) mass is 443 g/mol. The van der Waals surface area contributed by atoms with E-state index in [0.29, 0.717) is 21.6 Å². The van der Waals surface area contributed by atoms with Crippen LogP contribution in [0, 0.1) is 6.92 Å². The molecule has 6 nitrogen and oxygen atoms in total. The van der Waals surface area contributed by atoms with Gasteiger partial charge in [-0.2, -0.15) is 0 Å². The van der Waals surface area contributed by atoms with Crippen molar-refractivity contribution in [1.29, 1.82) is 0 Å². The number of carbonyl (C=O) groups excluding carboxylic acids is 1. The van der Waals surface area contributed by atoms with Crippen molar-refractivity contribution in [2.24, 2.45) is 0 Å². The largest absolute Gasteiger partial charge is 0.303 e. The fourth-order valence-electron chi connectivity index (χ4n) is 2.41. The Morgan fingerprint density at radius 2 is 1.70 bits per heavy atom. The van der Waals surface area contributed by atoms with Gasteiger partial charge < -0.3 is 4.57 Å². The number of nitrogens with one attached hydrogen (secondary N) is 1. The maximum Gasteiger partial charge on any atom is 0.285 e. The minimum absolute atomic E-state index is 0.00748. The predicted octanol–water partition coefficient (Wildman–Crippen LogP) is 4.26. The van der Waals surface area contributed by atoms with E-state index in [1.807, 2.05) is 4.72 Å². The average molecular weight is 445 g/mol. The number of hydrogen-bond acceptors (Lipinski definition) is 4. The van der Waals surface area contributed by atoms with Gasteiger partial charge in [-0.25, -0.2) is 18.1 Å². The van der Waals surface area contributed by atoms with Crippen LogP contribution in [0.4, 0.5) is 0 Å². The van der Waals surface area contributed by atoms with Gasteiger partial charge in [0.05, 0.1) is 5.02 Å². The highest BCUT2D eigenvalue weighted by molar-refractivity contribution is 7.90. The smallest absolute Gasteiger partial charge is 0.285 e. The van der Waals surface area contributed by atoms with Crippen LogP contribution < -0.4 is 4.72 Å². The Balaban J connectivity index is 1.92. The SMILES string of the molecule is Cc1nc(C(=O)NS(=O)(=O)c2ccccc2Cl)cn1-c1cc(Cl)cc(Cl)c1. The van der Waals surface area contributed by atoms with E-state index < -0.39 is 15.9 Å². The number of aromatic nitrogens is 2. The number of benzene rings is 2. The number of hydrogen-bond donors (Lipinski definition) is 1. The zero-order chi connectivity index (χ0) is 19.8. The lowest BCUT2D eigenvalue weighted by Crippen LogP contribution is -2.31. The molecule has 0 fully saturated rings. The predicted molar refractivity (Wildman–Crippen MR) is 104 cm³/mol. The van der Waals surface area contributed by atoms with Gasteiger partial charge in [-0.1, -0.05) is 46.9 Å². The summed E-state index contributed by atoms with van der Waals surface area (Å²) in [6.45, 7) is 1.66. The van der Waals surface area contributed by atoms with E-state index in [2.05, 4.69) is 4.98 Å². The van der Waals surface area contributed by atoms with Crippen molar-refractivity contribution in [3.05, 3.63) is 75.2 Å². The highest BCUT2D eigenvalue weighted by Crippen LogP contribution is 2.24. The quantitative estimate of drug-likeness (QED) is 0.652. The molecular weight excluding hydrogens is 433 g/mol. The van der Waals surface area contributed by atoms with Gasteiger partial charge in [0.1, 0.15) is 16.4 Å². The van der Waals surface area contributed by atoms with Crippen LogP contribution in [0.2, 0.25) is 15.1 Å². The fraction of sp³-hybridized carbons (Fsp3) is 0.0588. The van der Waals surface area contributed by atoms with Crippen molar-refractivity contribution in [3.63, 3.8) is 0 Å². The zero-order valence-corrected chi connectivity index (χ0v) is 16.9. The summed E-state index contributed by atoms with van der Waals surface area (Å²) in [6, 6.07) is 10.7. The van der Waals surface area contributed by atoms with Gasteiger partial charge in [-0.05, 0) is 37.3 Å². The Labute approximate surface area is 170 Å². The highest BCUT2D eigenvalue weighted by atomic mass is 35.5. The number of amides is 1. The first-order valence-corrected chi connectivity index (χ1v) is 10.1. The van der Waals surface area contributed by atoms with Crippen LogP contribution in [0.1, 0.15) is 16.3 Å². The van der Waals surface area contributed by atoms with E-state index in [4.69, 9.17) is 34.8 Å². The number of carbonyl (C=O) groups is 1. The van der Waals surface area contributed by atoms with E-state index >= 15 is 0 Å². The van der Waals surface area contributed by atoms with Crippen LogP contribution in [-0.4, -0.2) is 23.9 Å². The van der Waals surface area contributed by atoms with Gasteiger partial charge in [-0.3, -0.25) is 4.79 Å². The van der Waals surface area contributed by atoms with Crippen LogP contribution in [0.25, 0.3) is 5.69 Å². The molecular formula is C17H12Cl3N3O3S. The molecule has 0 saturated heterocycles. The Kier molecular flexibility index (Phi) is 5.48. The molecule has 0 aliphatic rings. The first-order chi connectivity index (χ1) is 12.7. The van der Waals surface area contributed by atoms with Crippen molar-refractivity contribution in [2.75, 3.05) is 0 Å². The number of imidazole rings is 1. The number of sulfonamides is 1. The van der Waals surface area contributed by atoms with Crippen LogP contribution in [0.3, 0.4) is 0 Å². The maximum absolute atomic E-state index is 12.4. The summed E-state index contributed by atoms with van der Waals surface area (Å²) >= 11 is 17.9. The average Bonchev–Trinajstić information content (AvgIpc) is 2.96. The summed E-state index contributed by atoms with van der Waals surface area (Å²) in [4.78, 5) is 16.3. The first-order valence-electron chi connectivity index (χ1n) is 7.51. The minimum atomic E-state index is -4.14. The summed E-state index contributed by atoms with van der Waals surface area (Å²) in [5, 5.41) is 0.837. The second-order valence-corrected chi connectivity index (χ2v) is 8.47. The lowest BCUT2D eigenvalue weighted by molar-refractivity contribution is 0.0977. The zero-order valence-electron chi connectivity index (χ0n) is 13.8. The Hall–Kier alpha value is -2.06. The number of rotatable bonds is 4. The second-order valence-electron chi connectivity index (χ2n) is 5.54. The molecule has 1 N–H and O–H groups in total. The van der Waals surface area contributed by atoms with Gasteiger partial charge in [0.25, 0.3) is 15.9 Å². The van der Waals surface area contributed by atoms with Crippen molar-refractivity contribution in [3.8, 4) is 5.69 Å². The Bertz CT molecular complexity index is 1120. The summed E-state index contributed by atoms with van der Waals surface area (Å²) in [7, 11) is -4.14. The second kappa shape index (κ2) is 7.52. The maximum atomic E-state index is 12.4. The molecule has 10 heteroatoms. The highest BCUT2D eigenvalue weighted by Gasteiger charge is 2.23. The third kappa shape index (κ3) is 4.27. The minimum Gasteiger partial charge on any atom is -0.303 e. The van der Waals surface area contributed by atoms with E-state index in [1.165, 1.54) is 24.4 Å². The summed E-state index contributed by atoms with van der Waals surface area (Å²) in [6.07, 6.45) is 1.40. The van der Waals surface area contributed by atoms with Crippen LogP contribution in [0.15, 0.2) is 53.6 Å². The molecule has 140 valence electrons. The lowest BCUT2D eigenvalue weighted by Gasteiger charge is -2.07. The van der Waals surface area contributed by atoms with Crippen molar-refractivity contribution >= 4 is 50.7 Å². The molecule has 0 atom stereocenters. The molecule has 0 radical (unpaired) electrons. The molecule has 0 aliphatic carbocycles. The Morgan fingerprint density at radius 3 is 2.33 bits per heavy atom. The van der Waals surface area contributed by atoms with E-state index in [0.717, 1.165) is 0 Å². The van der Waals surface area contributed by atoms with Gasteiger partial charge in [-0.15, -0.1) is 0 Å². The molecule has 0 spiro atoms. The van der Waals surface area contributed by atoms with Crippen LogP contribution in [-0.2, 0) is 10.0 Å².